The Bertz CT molecular complexity index is 420. The van der Waals surface area contributed by atoms with Crippen LogP contribution in [-0.4, -0.2) is 18.1 Å². The minimum atomic E-state index is 0.553. The van der Waals surface area contributed by atoms with Crippen molar-refractivity contribution in [3.8, 4) is 6.07 Å². The summed E-state index contributed by atoms with van der Waals surface area (Å²) in [7, 11) is 0. The van der Waals surface area contributed by atoms with E-state index in [-0.39, 0.29) is 0 Å². The zero-order valence-electron chi connectivity index (χ0n) is 12.1. The van der Waals surface area contributed by atoms with E-state index in [0.29, 0.717) is 17.4 Å². The van der Waals surface area contributed by atoms with E-state index in [9.17, 15) is 5.26 Å². The summed E-state index contributed by atoms with van der Waals surface area (Å²) in [6.07, 6.45) is 0. The summed E-state index contributed by atoms with van der Waals surface area (Å²) in [5.74, 6) is 1.94. The van der Waals surface area contributed by atoms with Crippen LogP contribution in [0.25, 0.3) is 0 Å². The van der Waals surface area contributed by atoms with Crippen molar-refractivity contribution in [1.82, 2.24) is 4.98 Å². The summed E-state index contributed by atoms with van der Waals surface area (Å²) in [5, 5.41) is 9.21. The maximum absolute atomic E-state index is 9.21. The molecule has 1 aromatic rings. The molecule has 3 nitrogen and oxygen atoms in total. The molecule has 0 aliphatic carbocycles. The molecule has 0 saturated carbocycles. The van der Waals surface area contributed by atoms with Gasteiger partial charge in [0.1, 0.15) is 11.9 Å². The largest absolute Gasteiger partial charge is 0.355 e. The fraction of sp³-hybridized carbons (Fsp3) is 0.600. The Morgan fingerprint density at radius 1 is 1.17 bits per heavy atom. The van der Waals surface area contributed by atoms with Crippen molar-refractivity contribution in [3.05, 3.63) is 23.4 Å². The molecule has 0 aliphatic rings. The van der Waals surface area contributed by atoms with Gasteiger partial charge in [0.05, 0.1) is 5.56 Å². The summed E-state index contributed by atoms with van der Waals surface area (Å²) in [6, 6.07) is 6.01. The van der Waals surface area contributed by atoms with Crippen LogP contribution >= 0.6 is 0 Å². The molecule has 1 heterocycles. The van der Waals surface area contributed by atoms with E-state index in [4.69, 9.17) is 0 Å². The SMILES string of the molecule is Cc1ccc(C#N)c(N(CC(C)C)CC(C)C)n1. The molecule has 98 valence electrons. The van der Waals surface area contributed by atoms with Crippen molar-refractivity contribution in [1.29, 1.82) is 5.26 Å². The van der Waals surface area contributed by atoms with Gasteiger partial charge in [-0.15, -0.1) is 0 Å². The van der Waals surface area contributed by atoms with Crippen LogP contribution in [0.1, 0.15) is 39.0 Å². The molecule has 1 rings (SSSR count). The first-order valence-corrected chi connectivity index (χ1v) is 6.56. The van der Waals surface area contributed by atoms with E-state index in [2.05, 4.69) is 43.6 Å². The Labute approximate surface area is 110 Å². The molecule has 0 unspecified atom stereocenters. The van der Waals surface area contributed by atoms with E-state index in [1.54, 1.807) is 0 Å². The first kappa shape index (κ1) is 14.5. The molecule has 0 N–H and O–H groups in total. The second-order valence-electron chi connectivity index (χ2n) is 5.63. The number of aryl methyl sites for hydroxylation is 1. The van der Waals surface area contributed by atoms with Gasteiger partial charge >= 0.3 is 0 Å². The van der Waals surface area contributed by atoms with E-state index < -0.39 is 0 Å². The van der Waals surface area contributed by atoms with Crippen LogP contribution in [0.2, 0.25) is 0 Å². The average molecular weight is 245 g/mol. The first-order chi connectivity index (χ1) is 8.43. The lowest BCUT2D eigenvalue weighted by Gasteiger charge is -2.28. The molecule has 0 atom stereocenters. The van der Waals surface area contributed by atoms with Crippen LogP contribution in [0.15, 0.2) is 12.1 Å². The normalized spacial score (nSPS) is 10.8. The smallest absolute Gasteiger partial charge is 0.146 e. The number of pyridine rings is 1. The molecule has 0 radical (unpaired) electrons. The van der Waals surface area contributed by atoms with Crippen molar-refractivity contribution in [2.75, 3.05) is 18.0 Å². The Hall–Kier alpha value is -1.56. The van der Waals surface area contributed by atoms with E-state index in [1.807, 2.05) is 19.1 Å². The van der Waals surface area contributed by atoms with Crippen molar-refractivity contribution in [2.45, 2.75) is 34.6 Å². The summed E-state index contributed by atoms with van der Waals surface area (Å²) in [4.78, 5) is 6.79. The fourth-order valence-corrected chi connectivity index (χ4v) is 2.00. The summed E-state index contributed by atoms with van der Waals surface area (Å²) in [6.45, 7) is 12.6. The lowest BCUT2D eigenvalue weighted by atomic mass is 10.1. The Balaban J connectivity index is 3.11. The summed E-state index contributed by atoms with van der Waals surface area (Å²) >= 11 is 0. The van der Waals surface area contributed by atoms with Gasteiger partial charge in [-0.25, -0.2) is 4.98 Å². The average Bonchev–Trinajstić information content (AvgIpc) is 2.26. The number of aromatic nitrogens is 1. The number of nitrogens with zero attached hydrogens (tertiary/aromatic N) is 3. The monoisotopic (exact) mass is 245 g/mol. The van der Waals surface area contributed by atoms with Crippen LogP contribution < -0.4 is 4.90 Å². The maximum atomic E-state index is 9.21. The number of anilines is 1. The van der Waals surface area contributed by atoms with Gasteiger partial charge in [-0.05, 0) is 30.9 Å². The van der Waals surface area contributed by atoms with Crippen LogP contribution in [-0.2, 0) is 0 Å². The molecule has 1 aromatic heterocycles. The highest BCUT2D eigenvalue weighted by Gasteiger charge is 2.15. The van der Waals surface area contributed by atoms with Crippen LogP contribution in [0.3, 0.4) is 0 Å². The second kappa shape index (κ2) is 6.39. The van der Waals surface area contributed by atoms with Crippen LogP contribution in [0.5, 0.6) is 0 Å². The van der Waals surface area contributed by atoms with Crippen molar-refractivity contribution in [2.24, 2.45) is 11.8 Å². The molecule has 18 heavy (non-hydrogen) atoms. The van der Waals surface area contributed by atoms with E-state index in [0.717, 1.165) is 24.6 Å². The zero-order chi connectivity index (χ0) is 13.7. The standard InChI is InChI=1S/C15H23N3/c1-11(2)9-18(10-12(3)4)15-14(8-16)7-6-13(5)17-15/h6-7,11-12H,9-10H2,1-5H3. The van der Waals surface area contributed by atoms with Gasteiger partial charge in [0.2, 0.25) is 0 Å². The van der Waals surface area contributed by atoms with Gasteiger partial charge in [-0.1, -0.05) is 27.7 Å². The third-order valence-electron chi connectivity index (χ3n) is 2.61. The number of hydrogen-bond acceptors (Lipinski definition) is 3. The van der Waals surface area contributed by atoms with Gasteiger partial charge in [0.15, 0.2) is 0 Å². The minimum absolute atomic E-state index is 0.553. The van der Waals surface area contributed by atoms with Gasteiger partial charge in [-0.2, -0.15) is 5.26 Å². The van der Waals surface area contributed by atoms with Gasteiger partial charge < -0.3 is 4.90 Å². The lowest BCUT2D eigenvalue weighted by molar-refractivity contribution is 0.548. The molecular formula is C15H23N3. The first-order valence-electron chi connectivity index (χ1n) is 6.56. The molecule has 0 fully saturated rings. The predicted octanol–water partition coefficient (Wildman–Crippen LogP) is 3.38. The van der Waals surface area contributed by atoms with Gasteiger partial charge in [0, 0.05) is 18.8 Å². The van der Waals surface area contributed by atoms with E-state index >= 15 is 0 Å². The third kappa shape index (κ3) is 4.03. The number of rotatable bonds is 5. The minimum Gasteiger partial charge on any atom is -0.355 e. The number of hydrogen-bond donors (Lipinski definition) is 0. The number of nitriles is 1. The molecule has 0 spiro atoms. The highest BCUT2D eigenvalue weighted by molar-refractivity contribution is 5.54. The highest BCUT2D eigenvalue weighted by atomic mass is 15.2. The zero-order valence-corrected chi connectivity index (χ0v) is 12.1. The quantitative estimate of drug-likeness (QED) is 0.798. The maximum Gasteiger partial charge on any atom is 0.146 e. The van der Waals surface area contributed by atoms with Crippen molar-refractivity contribution < 1.29 is 0 Å². The van der Waals surface area contributed by atoms with Crippen LogP contribution in [0, 0.1) is 30.1 Å². The molecule has 3 heteroatoms. The third-order valence-corrected chi connectivity index (χ3v) is 2.61. The molecular weight excluding hydrogens is 222 g/mol. The van der Waals surface area contributed by atoms with Gasteiger partial charge in [-0.3, -0.25) is 0 Å². The summed E-state index contributed by atoms with van der Waals surface area (Å²) in [5.41, 5.74) is 1.63. The predicted molar refractivity (Wildman–Crippen MR) is 75.6 cm³/mol. The molecule has 0 aromatic carbocycles. The molecule has 0 aliphatic heterocycles. The second-order valence-corrected chi connectivity index (χ2v) is 5.63. The Morgan fingerprint density at radius 2 is 1.72 bits per heavy atom. The van der Waals surface area contributed by atoms with Gasteiger partial charge in [0.25, 0.3) is 0 Å². The Kier molecular flexibility index (Phi) is 5.15. The molecule has 0 amide bonds. The highest BCUT2D eigenvalue weighted by Crippen LogP contribution is 2.20. The molecule has 0 saturated heterocycles. The van der Waals surface area contributed by atoms with Crippen molar-refractivity contribution >= 4 is 5.82 Å². The van der Waals surface area contributed by atoms with E-state index in [1.165, 1.54) is 0 Å². The van der Waals surface area contributed by atoms with Crippen LogP contribution in [0.4, 0.5) is 5.82 Å². The van der Waals surface area contributed by atoms with Crippen molar-refractivity contribution in [3.63, 3.8) is 0 Å². The summed E-state index contributed by atoms with van der Waals surface area (Å²) < 4.78 is 0. The molecule has 0 bridgehead atoms. The fourth-order valence-electron chi connectivity index (χ4n) is 2.00. The lowest BCUT2D eigenvalue weighted by Crippen LogP contribution is -2.32. The topological polar surface area (TPSA) is 39.9 Å². The Morgan fingerprint density at radius 3 is 2.17 bits per heavy atom.